The van der Waals surface area contributed by atoms with Gasteiger partial charge < -0.3 is 10.2 Å². The van der Waals surface area contributed by atoms with E-state index in [9.17, 15) is 4.79 Å². The Morgan fingerprint density at radius 1 is 1.04 bits per heavy atom. The number of hydrogen-bond donors (Lipinski definition) is 1. The van der Waals surface area contributed by atoms with Crippen LogP contribution in [-0.2, 0) is 13.0 Å². The summed E-state index contributed by atoms with van der Waals surface area (Å²) in [5.74, 6) is 0.565. The topological polar surface area (TPSA) is 58.1 Å². The summed E-state index contributed by atoms with van der Waals surface area (Å²) >= 11 is 0. The van der Waals surface area contributed by atoms with E-state index >= 15 is 0 Å². The minimum absolute atomic E-state index is 0.218. The number of amides is 1. The van der Waals surface area contributed by atoms with Crippen LogP contribution in [0.4, 0.5) is 11.5 Å². The third-order valence-electron chi connectivity index (χ3n) is 5.19. The first kappa shape index (κ1) is 17.2. The molecular weight excluding hydrogens is 336 g/mol. The zero-order chi connectivity index (χ0) is 18.8. The first-order chi connectivity index (χ1) is 13.1. The molecule has 0 spiro atoms. The molecule has 0 bridgehead atoms. The van der Waals surface area contributed by atoms with E-state index in [0.29, 0.717) is 5.69 Å². The second-order valence-corrected chi connectivity index (χ2v) is 6.90. The molecule has 136 valence electrons. The van der Waals surface area contributed by atoms with E-state index < -0.39 is 0 Å². The molecule has 5 nitrogen and oxygen atoms in total. The Kier molecular flexibility index (Phi) is 4.59. The fraction of sp³-hybridized carbons (Fsp3) is 0.227. The van der Waals surface area contributed by atoms with Crippen molar-refractivity contribution in [1.82, 2.24) is 9.97 Å². The minimum Gasteiger partial charge on any atom is -0.352 e. The van der Waals surface area contributed by atoms with Gasteiger partial charge in [0.05, 0.1) is 0 Å². The maximum Gasteiger partial charge on any atom is 0.274 e. The molecule has 0 saturated carbocycles. The van der Waals surface area contributed by atoms with Crippen molar-refractivity contribution in [2.45, 2.75) is 26.8 Å². The number of hydrogen-bond acceptors (Lipinski definition) is 4. The largest absolute Gasteiger partial charge is 0.352 e. The minimum atomic E-state index is -0.218. The summed E-state index contributed by atoms with van der Waals surface area (Å²) in [4.78, 5) is 23.5. The van der Waals surface area contributed by atoms with Gasteiger partial charge in [0.15, 0.2) is 0 Å². The van der Waals surface area contributed by atoms with Crippen LogP contribution in [0.1, 0.15) is 32.7 Å². The van der Waals surface area contributed by atoms with Crippen molar-refractivity contribution in [1.29, 1.82) is 0 Å². The number of nitrogens with one attached hydrogen (secondary N) is 1. The standard InChI is InChI=1S/C22H22N4O/c1-15-6-5-9-19(16(15)2)25-22(27)20-12-21(24-14-23-20)26-11-10-17-7-3-4-8-18(17)13-26/h3-9,12,14H,10-11,13H2,1-2H3,(H,25,27). The molecule has 1 aliphatic rings. The van der Waals surface area contributed by atoms with Gasteiger partial charge in [-0.3, -0.25) is 4.79 Å². The van der Waals surface area contributed by atoms with Gasteiger partial charge in [0.1, 0.15) is 17.8 Å². The van der Waals surface area contributed by atoms with E-state index in [-0.39, 0.29) is 5.91 Å². The maximum atomic E-state index is 12.7. The number of anilines is 2. The van der Waals surface area contributed by atoms with Gasteiger partial charge in [-0.25, -0.2) is 9.97 Å². The molecule has 2 heterocycles. The van der Waals surface area contributed by atoms with Gasteiger partial charge in [-0.2, -0.15) is 0 Å². The van der Waals surface area contributed by atoms with Crippen LogP contribution >= 0.6 is 0 Å². The fourth-order valence-corrected chi connectivity index (χ4v) is 3.41. The van der Waals surface area contributed by atoms with Crippen LogP contribution in [0.25, 0.3) is 0 Å². The lowest BCUT2D eigenvalue weighted by Gasteiger charge is -2.29. The number of benzene rings is 2. The summed E-state index contributed by atoms with van der Waals surface area (Å²) in [5, 5.41) is 2.97. The highest BCUT2D eigenvalue weighted by Crippen LogP contribution is 2.23. The van der Waals surface area contributed by atoms with E-state index in [2.05, 4.69) is 44.5 Å². The molecule has 0 fully saturated rings. The van der Waals surface area contributed by atoms with E-state index in [1.807, 2.05) is 32.0 Å². The van der Waals surface area contributed by atoms with Crippen molar-refractivity contribution in [3.05, 3.63) is 82.8 Å². The summed E-state index contributed by atoms with van der Waals surface area (Å²) in [6.45, 7) is 5.71. The molecule has 0 unspecified atom stereocenters. The summed E-state index contributed by atoms with van der Waals surface area (Å²) < 4.78 is 0. The van der Waals surface area contributed by atoms with Crippen molar-refractivity contribution in [3.8, 4) is 0 Å². The van der Waals surface area contributed by atoms with Gasteiger partial charge >= 0.3 is 0 Å². The number of aryl methyl sites for hydroxylation is 1. The van der Waals surface area contributed by atoms with Crippen LogP contribution in [0.3, 0.4) is 0 Å². The molecule has 5 heteroatoms. The molecule has 4 rings (SSSR count). The molecule has 0 aliphatic carbocycles. The highest BCUT2D eigenvalue weighted by Gasteiger charge is 2.19. The summed E-state index contributed by atoms with van der Waals surface area (Å²) in [5.41, 5.74) is 6.09. The molecule has 1 aliphatic heterocycles. The third kappa shape index (κ3) is 3.53. The Morgan fingerprint density at radius 3 is 2.70 bits per heavy atom. The summed E-state index contributed by atoms with van der Waals surface area (Å²) in [7, 11) is 0. The van der Waals surface area contributed by atoms with E-state index in [1.165, 1.54) is 17.5 Å². The van der Waals surface area contributed by atoms with Crippen LogP contribution in [0.2, 0.25) is 0 Å². The van der Waals surface area contributed by atoms with Gasteiger partial charge in [-0.1, -0.05) is 36.4 Å². The average Bonchev–Trinajstić information content (AvgIpc) is 2.71. The molecule has 2 aromatic carbocycles. The van der Waals surface area contributed by atoms with E-state index in [1.54, 1.807) is 6.07 Å². The van der Waals surface area contributed by atoms with E-state index in [0.717, 1.165) is 42.1 Å². The average molecular weight is 358 g/mol. The number of carbonyl (C=O) groups is 1. The number of rotatable bonds is 3. The Hall–Kier alpha value is -3.21. The molecule has 1 amide bonds. The van der Waals surface area contributed by atoms with Crippen molar-refractivity contribution >= 4 is 17.4 Å². The lowest BCUT2D eigenvalue weighted by atomic mass is 10.00. The number of carbonyl (C=O) groups excluding carboxylic acids is 1. The van der Waals surface area contributed by atoms with Crippen LogP contribution in [-0.4, -0.2) is 22.4 Å². The van der Waals surface area contributed by atoms with E-state index in [4.69, 9.17) is 0 Å². The second kappa shape index (κ2) is 7.19. The molecule has 27 heavy (non-hydrogen) atoms. The van der Waals surface area contributed by atoms with Crippen LogP contribution in [0.15, 0.2) is 54.9 Å². The zero-order valence-electron chi connectivity index (χ0n) is 15.6. The molecule has 3 aromatic rings. The van der Waals surface area contributed by atoms with Crippen molar-refractivity contribution in [3.63, 3.8) is 0 Å². The molecule has 1 aromatic heterocycles. The second-order valence-electron chi connectivity index (χ2n) is 6.90. The van der Waals surface area contributed by atoms with Crippen LogP contribution < -0.4 is 10.2 Å². The molecule has 0 atom stereocenters. The SMILES string of the molecule is Cc1cccc(NC(=O)c2cc(N3CCc4ccccc4C3)ncn2)c1C. The Bertz CT molecular complexity index is 999. The fourth-order valence-electron chi connectivity index (χ4n) is 3.41. The van der Waals surface area contributed by atoms with Crippen LogP contribution in [0, 0.1) is 13.8 Å². The predicted octanol–water partition coefficient (Wildman–Crippen LogP) is 3.91. The van der Waals surface area contributed by atoms with Crippen LogP contribution in [0.5, 0.6) is 0 Å². The zero-order valence-corrected chi connectivity index (χ0v) is 15.6. The smallest absolute Gasteiger partial charge is 0.274 e. The van der Waals surface area contributed by atoms with Gasteiger partial charge in [-0.05, 0) is 48.6 Å². The van der Waals surface area contributed by atoms with Gasteiger partial charge in [0.25, 0.3) is 5.91 Å². The van der Waals surface area contributed by atoms with Gasteiger partial charge in [0, 0.05) is 24.8 Å². The lowest BCUT2D eigenvalue weighted by molar-refractivity contribution is 0.102. The number of fused-ring (bicyclic) bond motifs is 1. The normalized spacial score (nSPS) is 13.2. The highest BCUT2D eigenvalue weighted by molar-refractivity contribution is 6.03. The quantitative estimate of drug-likeness (QED) is 0.771. The number of nitrogens with zero attached hydrogens (tertiary/aromatic N) is 3. The molecular formula is C22H22N4O. The molecule has 1 N–H and O–H groups in total. The lowest BCUT2D eigenvalue weighted by Crippen LogP contribution is -2.31. The third-order valence-corrected chi connectivity index (χ3v) is 5.19. The number of aromatic nitrogens is 2. The van der Waals surface area contributed by atoms with Crippen molar-refractivity contribution in [2.24, 2.45) is 0 Å². The summed E-state index contributed by atoms with van der Waals surface area (Å²) in [6.07, 6.45) is 2.44. The Morgan fingerprint density at radius 2 is 1.85 bits per heavy atom. The Labute approximate surface area is 159 Å². The highest BCUT2D eigenvalue weighted by atomic mass is 16.1. The monoisotopic (exact) mass is 358 g/mol. The van der Waals surface area contributed by atoms with Crippen molar-refractivity contribution < 1.29 is 4.79 Å². The molecule has 0 saturated heterocycles. The molecule has 0 radical (unpaired) electrons. The first-order valence-corrected chi connectivity index (χ1v) is 9.13. The van der Waals surface area contributed by atoms with Crippen molar-refractivity contribution in [2.75, 3.05) is 16.8 Å². The summed E-state index contributed by atoms with van der Waals surface area (Å²) in [6, 6.07) is 16.1. The first-order valence-electron chi connectivity index (χ1n) is 9.13. The van der Waals surface area contributed by atoms with Gasteiger partial charge in [-0.15, -0.1) is 0 Å². The Balaban J connectivity index is 1.54. The predicted molar refractivity (Wildman–Crippen MR) is 107 cm³/mol. The van der Waals surface area contributed by atoms with Gasteiger partial charge in [0.2, 0.25) is 0 Å². The maximum absolute atomic E-state index is 12.7.